The van der Waals surface area contributed by atoms with Crippen molar-refractivity contribution in [1.82, 2.24) is 15.3 Å². The zero-order chi connectivity index (χ0) is 17.2. The van der Waals surface area contributed by atoms with Crippen LogP contribution in [0.2, 0.25) is 0 Å². The van der Waals surface area contributed by atoms with Crippen LogP contribution in [0.1, 0.15) is 25.5 Å². The molecule has 1 N–H and O–H groups in total. The predicted molar refractivity (Wildman–Crippen MR) is 80.4 cm³/mol. The summed E-state index contributed by atoms with van der Waals surface area (Å²) in [5.74, 6) is -0.106. The van der Waals surface area contributed by atoms with Crippen LogP contribution >= 0.6 is 0 Å². The summed E-state index contributed by atoms with van der Waals surface area (Å²) in [6.07, 6.45) is -3.31. The Balaban J connectivity index is 2.47. The van der Waals surface area contributed by atoms with Gasteiger partial charge in [-0.1, -0.05) is 13.3 Å². The molecule has 1 aromatic heterocycles. The first-order chi connectivity index (χ1) is 10.7. The normalized spacial score (nSPS) is 18.8. The van der Waals surface area contributed by atoms with Gasteiger partial charge in [-0.2, -0.15) is 18.2 Å². The van der Waals surface area contributed by atoms with Crippen molar-refractivity contribution in [2.45, 2.75) is 32.0 Å². The number of nitrogens with one attached hydrogen (secondary N) is 1. The minimum Gasteiger partial charge on any atom is -0.363 e. The van der Waals surface area contributed by atoms with Gasteiger partial charge in [0.1, 0.15) is 11.9 Å². The van der Waals surface area contributed by atoms with Crippen molar-refractivity contribution in [3.05, 3.63) is 11.8 Å². The number of nitrogens with zero attached hydrogens (tertiary/aromatic N) is 4. The molecule has 0 unspecified atom stereocenters. The van der Waals surface area contributed by atoms with Crippen molar-refractivity contribution >= 4 is 17.7 Å². The molecule has 6 nitrogen and oxygen atoms in total. The number of carbonyl (C=O) groups excluding carboxylic acids is 1. The van der Waals surface area contributed by atoms with Gasteiger partial charge in [-0.05, 0) is 6.42 Å². The molecule has 23 heavy (non-hydrogen) atoms. The van der Waals surface area contributed by atoms with E-state index in [4.69, 9.17) is 0 Å². The summed E-state index contributed by atoms with van der Waals surface area (Å²) in [7, 11) is 3.22. The highest BCUT2D eigenvalue weighted by Gasteiger charge is 2.36. The molecule has 9 heteroatoms. The maximum atomic E-state index is 13.1. The molecule has 0 aromatic carbocycles. The smallest absolute Gasteiger partial charge is 0.363 e. The molecule has 1 aliphatic heterocycles. The van der Waals surface area contributed by atoms with Crippen LogP contribution in [-0.4, -0.2) is 49.1 Å². The lowest BCUT2D eigenvalue weighted by atomic mass is 10.1. The molecular formula is C14H20F3N5O. The molecule has 0 saturated carbocycles. The first kappa shape index (κ1) is 17.3. The van der Waals surface area contributed by atoms with Gasteiger partial charge in [0, 0.05) is 33.3 Å². The Kier molecular flexibility index (Phi) is 4.96. The lowest BCUT2D eigenvalue weighted by molar-refractivity contribution is -0.141. The summed E-state index contributed by atoms with van der Waals surface area (Å²) >= 11 is 0. The molecule has 1 amide bonds. The van der Waals surface area contributed by atoms with Gasteiger partial charge in [-0.25, -0.2) is 4.98 Å². The highest BCUT2D eigenvalue weighted by molar-refractivity contribution is 5.86. The molecule has 1 aliphatic rings. The van der Waals surface area contributed by atoms with Crippen LogP contribution in [-0.2, 0) is 11.0 Å². The second kappa shape index (κ2) is 6.59. The number of hydrogen-bond donors (Lipinski definition) is 1. The van der Waals surface area contributed by atoms with E-state index in [1.165, 1.54) is 4.90 Å². The van der Waals surface area contributed by atoms with Crippen molar-refractivity contribution in [3.63, 3.8) is 0 Å². The summed E-state index contributed by atoms with van der Waals surface area (Å²) in [4.78, 5) is 22.9. The first-order valence-corrected chi connectivity index (χ1v) is 7.42. The number of alkyl halides is 3. The van der Waals surface area contributed by atoms with E-state index >= 15 is 0 Å². The summed E-state index contributed by atoms with van der Waals surface area (Å²) in [6.45, 7) is 2.65. The maximum Gasteiger partial charge on any atom is 0.433 e. The summed E-state index contributed by atoms with van der Waals surface area (Å²) in [5.41, 5.74) is -1.01. The van der Waals surface area contributed by atoms with E-state index in [1.807, 2.05) is 6.92 Å². The molecule has 0 radical (unpaired) electrons. The third kappa shape index (κ3) is 3.83. The predicted octanol–water partition coefficient (Wildman–Crippen LogP) is 1.67. The van der Waals surface area contributed by atoms with Crippen molar-refractivity contribution in [3.8, 4) is 0 Å². The van der Waals surface area contributed by atoms with E-state index in [-0.39, 0.29) is 17.7 Å². The standard InChI is InChI=1S/C14H20F3N5O/c1-4-5-9-12(23)18-6-7-22(9)13-19-10(14(15,16)17)8-11(20-13)21(2)3/h8-9H,4-7H2,1-3H3,(H,18,23)/t9-/m1/s1. The monoisotopic (exact) mass is 331 g/mol. The van der Waals surface area contributed by atoms with Gasteiger partial charge in [0.15, 0.2) is 5.69 Å². The van der Waals surface area contributed by atoms with Crippen LogP contribution in [0.5, 0.6) is 0 Å². The fourth-order valence-corrected chi connectivity index (χ4v) is 2.44. The van der Waals surface area contributed by atoms with Gasteiger partial charge in [0.25, 0.3) is 0 Å². The fourth-order valence-electron chi connectivity index (χ4n) is 2.44. The zero-order valence-electron chi connectivity index (χ0n) is 13.3. The fraction of sp³-hybridized carbons (Fsp3) is 0.643. The topological polar surface area (TPSA) is 61.4 Å². The van der Waals surface area contributed by atoms with Crippen molar-refractivity contribution in [2.24, 2.45) is 0 Å². The van der Waals surface area contributed by atoms with E-state index in [9.17, 15) is 18.0 Å². The van der Waals surface area contributed by atoms with Crippen LogP contribution in [0.4, 0.5) is 24.9 Å². The summed E-state index contributed by atoms with van der Waals surface area (Å²) in [5, 5.41) is 2.73. The Labute approximate surface area is 132 Å². The number of carbonyl (C=O) groups is 1. The lowest BCUT2D eigenvalue weighted by Crippen LogP contribution is -2.56. The minimum atomic E-state index is -4.57. The molecule has 1 saturated heterocycles. The molecule has 1 atom stereocenters. The Morgan fingerprint density at radius 2 is 2.09 bits per heavy atom. The second-order valence-electron chi connectivity index (χ2n) is 5.59. The van der Waals surface area contributed by atoms with Crippen LogP contribution < -0.4 is 15.1 Å². The van der Waals surface area contributed by atoms with Crippen LogP contribution in [0.3, 0.4) is 0 Å². The van der Waals surface area contributed by atoms with E-state index in [0.29, 0.717) is 19.5 Å². The Morgan fingerprint density at radius 1 is 1.39 bits per heavy atom. The van der Waals surface area contributed by atoms with E-state index in [1.54, 1.807) is 19.0 Å². The van der Waals surface area contributed by atoms with Gasteiger partial charge in [0.05, 0.1) is 0 Å². The average molecular weight is 331 g/mol. The molecule has 0 bridgehead atoms. The molecule has 128 valence electrons. The SMILES string of the molecule is CCC[C@@H]1C(=O)NCCN1c1nc(N(C)C)cc(C(F)(F)F)n1. The highest BCUT2D eigenvalue weighted by atomic mass is 19.4. The summed E-state index contributed by atoms with van der Waals surface area (Å²) < 4.78 is 39.3. The van der Waals surface area contributed by atoms with E-state index in [0.717, 1.165) is 12.5 Å². The third-order valence-electron chi connectivity index (χ3n) is 3.60. The lowest BCUT2D eigenvalue weighted by Gasteiger charge is -2.35. The number of anilines is 2. The Hall–Kier alpha value is -2.06. The second-order valence-corrected chi connectivity index (χ2v) is 5.59. The third-order valence-corrected chi connectivity index (χ3v) is 3.60. The van der Waals surface area contributed by atoms with Crippen LogP contribution in [0.15, 0.2) is 6.07 Å². The van der Waals surface area contributed by atoms with Crippen molar-refractivity contribution in [1.29, 1.82) is 0 Å². The molecule has 1 fully saturated rings. The van der Waals surface area contributed by atoms with Crippen LogP contribution in [0.25, 0.3) is 0 Å². The van der Waals surface area contributed by atoms with Gasteiger partial charge in [-0.3, -0.25) is 4.79 Å². The number of piperazine rings is 1. The van der Waals surface area contributed by atoms with Crippen molar-refractivity contribution < 1.29 is 18.0 Å². The highest BCUT2D eigenvalue weighted by Crippen LogP contribution is 2.31. The molecule has 1 aromatic rings. The Bertz CT molecular complexity index is 576. The van der Waals surface area contributed by atoms with E-state index < -0.39 is 17.9 Å². The van der Waals surface area contributed by atoms with E-state index in [2.05, 4.69) is 15.3 Å². The largest absolute Gasteiger partial charge is 0.433 e. The number of amides is 1. The molecule has 2 heterocycles. The number of halogens is 3. The summed E-state index contributed by atoms with van der Waals surface area (Å²) in [6, 6.07) is 0.356. The molecular weight excluding hydrogens is 311 g/mol. The van der Waals surface area contributed by atoms with Crippen molar-refractivity contribution in [2.75, 3.05) is 37.0 Å². The van der Waals surface area contributed by atoms with Crippen LogP contribution in [0, 0.1) is 0 Å². The van der Waals surface area contributed by atoms with Gasteiger partial charge in [0.2, 0.25) is 11.9 Å². The quantitative estimate of drug-likeness (QED) is 0.909. The number of aromatic nitrogens is 2. The van der Waals surface area contributed by atoms with Gasteiger partial charge in [-0.15, -0.1) is 0 Å². The number of hydrogen-bond acceptors (Lipinski definition) is 5. The van der Waals surface area contributed by atoms with Gasteiger partial charge < -0.3 is 15.1 Å². The first-order valence-electron chi connectivity index (χ1n) is 7.42. The minimum absolute atomic E-state index is 0.0585. The molecule has 0 spiro atoms. The zero-order valence-corrected chi connectivity index (χ0v) is 13.3. The van der Waals surface area contributed by atoms with Gasteiger partial charge >= 0.3 is 6.18 Å². The number of rotatable bonds is 4. The average Bonchev–Trinajstić information content (AvgIpc) is 2.48. The molecule has 0 aliphatic carbocycles. The molecule has 2 rings (SSSR count). The maximum absolute atomic E-state index is 13.1. The Morgan fingerprint density at radius 3 is 2.65 bits per heavy atom.